The van der Waals surface area contributed by atoms with E-state index in [1.165, 1.54) is 7.11 Å². The van der Waals surface area contributed by atoms with Crippen molar-refractivity contribution < 1.29 is 14.0 Å². The van der Waals surface area contributed by atoms with Crippen molar-refractivity contribution in [2.75, 3.05) is 18.6 Å². The van der Waals surface area contributed by atoms with E-state index in [-0.39, 0.29) is 6.17 Å². The van der Waals surface area contributed by atoms with Gasteiger partial charge in [0.2, 0.25) is 0 Å². The first kappa shape index (κ1) is 10.2. The molecule has 0 aromatic heterocycles. The SMILES string of the molecule is CO[Si](O)(O)CNc1ccccc1. The molecule has 0 spiro atoms. The van der Waals surface area contributed by atoms with Gasteiger partial charge in [0, 0.05) is 12.8 Å². The second-order valence-electron chi connectivity index (χ2n) is 2.67. The third-order valence-corrected chi connectivity index (χ3v) is 2.91. The highest BCUT2D eigenvalue weighted by Gasteiger charge is 2.30. The quantitative estimate of drug-likeness (QED) is 0.607. The van der Waals surface area contributed by atoms with Crippen LogP contribution in [0, 0.1) is 0 Å². The Kier molecular flexibility index (Phi) is 3.44. The third kappa shape index (κ3) is 3.56. The van der Waals surface area contributed by atoms with Crippen LogP contribution in [0.3, 0.4) is 0 Å². The Morgan fingerprint density at radius 2 is 1.92 bits per heavy atom. The Hall–Kier alpha value is -0.883. The van der Waals surface area contributed by atoms with E-state index in [1.807, 2.05) is 30.3 Å². The first-order valence-corrected chi connectivity index (χ1v) is 5.94. The molecule has 0 aliphatic carbocycles. The van der Waals surface area contributed by atoms with Gasteiger partial charge in [-0.25, -0.2) is 0 Å². The topological polar surface area (TPSA) is 61.7 Å². The first-order chi connectivity index (χ1) is 6.14. The molecule has 0 aliphatic heterocycles. The predicted molar refractivity (Wildman–Crippen MR) is 52.1 cm³/mol. The van der Waals surface area contributed by atoms with Gasteiger partial charge in [-0.1, -0.05) is 18.2 Å². The van der Waals surface area contributed by atoms with Crippen LogP contribution in [0.4, 0.5) is 5.69 Å². The lowest BCUT2D eigenvalue weighted by Gasteiger charge is -2.15. The van der Waals surface area contributed by atoms with Gasteiger partial charge >= 0.3 is 8.80 Å². The largest absolute Gasteiger partial charge is 0.515 e. The summed E-state index contributed by atoms with van der Waals surface area (Å²) in [6.07, 6.45) is 0.0630. The molecule has 13 heavy (non-hydrogen) atoms. The highest BCUT2D eigenvalue weighted by molar-refractivity contribution is 6.58. The van der Waals surface area contributed by atoms with Gasteiger partial charge in [0.1, 0.15) is 0 Å². The summed E-state index contributed by atoms with van der Waals surface area (Å²) in [6.45, 7) is 0. The van der Waals surface area contributed by atoms with Crippen LogP contribution in [0.25, 0.3) is 0 Å². The number of benzene rings is 1. The van der Waals surface area contributed by atoms with E-state index >= 15 is 0 Å². The van der Waals surface area contributed by atoms with Crippen molar-refractivity contribution in [1.82, 2.24) is 0 Å². The van der Waals surface area contributed by atoms with Crippen LogP contribution in [0.2, 0.25) is 0 Å². The van der Waals surface area contributed by atoms with Crippen LogP contribution in [0.15, 0.2) is 30.3 Å². The summed E-state index contributed by atoms with van der Waals surface area (Å²) in [5, 5.41) is 2.87. The van der Waals surface area contributed by atoms with E-state index in [0.717, 1.165) is 5.69 Å². The summed E-state index contributed by atoms with van der Waals surface area (Å²) in [5.74, 6) is 0. The van der Waals surface area contributed by atoms with E-state index in [4.69, 9.17) is 0 Å². The zero-order valence-corrected chi connectivity index (χ0v) is 8.40. The lowest BCUT2D eigenvalue weighted by Crippen LogP contribution is -2.45. The summed E-state index contributed by atoms with van der Waals surface area (Å²) >= 11 is 0. The molecule has 0 radical (unpaired) electrons. The fourth-order valence-electron chi connectivity index (χ4n) is 0.845. The molecule has 0 unspecified atom stereocenters. The number of hydrogen-bond acceptors (Lipinski definition) is 4. The highest BCUT2D eigenvalue weighted by Crippen LogP contribution is 2.05. The van der Waals surface area contributed by atoms with E-state index in [1.54, 1.807) is 0 Å². The second kappa shape index (κ2) is 4.38. The summed E-state index contributed by atoms with van der Waals surface area (Å²) in [4.78, 5) is 18.4. The van der Waals surface area contributed by atoms with Gasteiger partial charge in [0.15, 0.2) is 0 Å². The first-order valence-electron chi connectivity index (χ1n) is 3.93. The average molecular weight is 199 g/mol. The molecule has 0 aliphatic rings. The normalized spacial score (nSPS) is 11.3. The Morgan fingerprint density at radius 3 is 2.46 bits per heavy atom. The third-order valence-electron chi connectivity index (χ3n) is 1.62. The number of hydrogen-bond donors (Lipinski definition) is 3. The standard InChI is InChI=1S/C8H13NO3Si/c1-12-13(10,11)7-9-8-5-3-2-4-6-8/h2-6,9-11H,7H2,1H3. The molecule has 3 N–H and O–H groups in total. The molecule has 1 aromatic rings. The molecule has 0 saturated carbocycles. The van der Waals surface area contributed by atoms with Crippen LogP contribution in [-0.2, 0) is 4.43 Å². The van der Waals surface area contributed by atoms with Gasteiger partial charge in [-0.15, -0.1) is 0 Å². The lowest BCUT2D eigenvalue weighted by atomic mass is 10.3. The lowest BCUT2D eigenvalue weighted by molar-refractivity contribution is 0.188. The zero-order chi connectivity index (χ0) is 9.73. The van der Waals surface area contributed by atoms with E-state index in [2.05, 4.69) is 9.74 Å². The zero-order valence-electron chi connectivity index (χ0n) is 7.40. The molecule has 0 fully saturated rings. The molecule has 0 atom stereocenters. The number of nitrogens with one attached hydrogen (secondary N) is 1. The highest BCUT2D eigenvalue weighted by atomic mass is 28.4. The van der Waals surface area contributed by atoms with Gasteiger partial charge in [-0.2, -0.15) is 0 Å². The van der Waals surface area contributed by atoms with Crippen molar-refractivity contribution in [1.29, 1.82) is 0 Å². The van der Waals surface area contributed by atoms with Crippen molar-refractivity contribution >= 4 is 14.5 Å². The monoisotopic (exact) mass is 199 g/mol. The molecule has 0 heterocycles. The average Bonchev–Trinajstić information content (AvgIpc) is 2.17. The van der Waals surface area contributed by atoms with Gasteiger partial charge in [0.05, 0.1) is 6.17 Å². The van der Waals surface area contributed by atoms with Crippen LogP contribution in [0.5, 0.6) is 0 Å². The van der Waals surface area contributed by atoms with E-state index in [0.29, 0.717) is 0 Å². The minimum atomic E-state index is -3.47. The minimum absolute atomic E-state index is 0.0630. The Balaban J connectivity index is 2.44. The van der Waals surface area contributed by atoms with Crippen LogP contribution in [0.1, 0.15) is 0 Å². The van der Waals surface area contributed by atoms with Crippen molar-refractivity contribution in [2.45, 2.75) is 0 Å². The van der Waals surface area contributed by atoms with E-state index < -0.39 is 8.80 Å². The summed E-state index contributed by atoms with van der Waals surface area (Å²) < 4.78 is 4.55. The molecule has 0 bridgehead atoms. The number of anilines is 1. The molecular weight excluding hydrogens is 186 g/mol. The summed E-state index contributed by atoms with van der Waals surface area (Å²) in [7, 11) is -2.18. The summed E-state index contributed by atoms with van der Waals surface area (Å²) in [5.41, 5.74) is 0.847. The fraction of sp³-hybridized carbons (Fsp3) is 0.250. The van der Waals surface area contributed by atoms with Gasteiger partial charge < -0.3 is 19.3 Å². The predicted octanol–water partition coefficient (Wildman–Crippen LogP) is 0.208. The van der Waals surface area contributed by atoms with Gasteiger partial charge in [-0.05, 0) is 12.1 Å². The molecular formula is C8H13NO3Si. The Morgan fingerprint density at radius 1 is 1.31 bits per heavy atom. The molecule has 4 nitrogen and oxygen atoms in total. The number of para-hydroxylation sites is 1. The fourth-order valence-corrected chi connectivity index (χ4v) is 1.42. The van der Waals surface area contributed by atoms with Crippen LogP contribution < -0.4 is 5.32 Å². The van der Waals surface area contributed by atoms with Crippen molar-refractivity contribution in [3.63, 3.8) is 0 Å². The molecule has 72 valence electrons. The molecule has 0 amide bonds. The van der Waals surface area contributed by atoms with Gasteiger partial charge in [0.25, 0.3) is 0 Å². The Labute approximate surface area is 78.2 Å². The maximum Gasteiger partial charge on any atom is 0.515 e. The van der Waals surface area contributed by atoms with Crippen molar-refractivity contribution in [2.24, 2.45) is 0 Å². The van der Waals surface area contributed by atoms with Crippen LogP contribution in [-0.4, -0.2) is 31.7 Å². The molecule has 1 rings (SSSR count). The maximum absolute atomic E-state index is 9.19. The van der Waals surface area contributed by atoms with Crippen molar-refractivity contribution in [3.8, 4) is 0 Å². The molecule has 0 saturated heterocycles. The number of rotatable bonds is 4. The maximum atomic E-state index is 9.19. The van der Waals surface area contributed by atoms with E-state index in [9.17, 15) is 9.59 Å². The van der Waals surface area contributed by atoms with Crippen molar-refractivity contribution in [3.05, 3.63) is 30.3 Å². The molecule has 1 aromatic carbocycles. The smallest absolute Gasteiger partial charge is 0.389 e. The van der Waals surface area contributed by atoms with Crippen LogP contribution >= 0.6 is 0 Å². The van der Waals surface area contributed by atoms with Gasteiger partial charge in [-0.3, -0.25) is 0 Å². The minimum Gasteiger partial charge on any atom is -0.389 e. The summed E-state index contributed by atoms with van der Waals surface area (Å²) in [6, 6.07) is 9.32. The second-order valence-corrected chi connectivity index (χ2v) is 4.91. The Bertz CT molecular complexity index is 253. The molecule has 5 heteroatoms.